The average Bonchev–Trinajstić information content (AvgIpc) is 2.89. The van der Waals surface area contributed by atoms with Crippen LogP contribution in [0, 0.1) is 0 Å². The van der Waals surface area contributed by atoms with E-state index < -0.39 is 11.9 Å². The molecule has 0 saturated heterocycles. The summed E-state index contributed by atoms with van der Waals surface area (Å²) in [5.74, 6) is 0.623. The van der Waals surface area contributed by atoms with Crippen LogP contribution in [0.2, 0.25) is 5.02 Å². The Morgan fingerprint density at radius 2 is 1.53 bits per heavy atom. The molecule has 1 amide bonds. The first-order chi connectivity index (χ1) is 17.4. The fraction of sp³-hybridized carbons (Fsp3) is 0.192. The Hall–Kier alpha value is -4.24. The lowest BCUT2D eigenvalue weighted by Crippen LogP contribution is -2.18. The molecular formula is C26H25ClN2O7. The van der Waals surface area contributed by atoms with Crippen molar-refractivity contribution in [2.24, 2.45) is 5.10 Å². The molecule has 0 heterocycles. The van der Waals surface area contributed by atoms with Crippen LogP contribution in [0.3, 0.4) is 0 Å². The zero-order valence-corrected chi connectivity index (χ0v) is 20.9. The smallest absolute Gasteiger partial charge is 0.343 e. The highest BCUT2D eigenvalue weighted by Crippen LogP contribution is 2.38. The van der Waals surface area contributed by atoms with Crippen LogP contribution in [0.25, 0.3) is 0 Å². The van der Waals surface area contributed by atoms with Crippen LogP contribution in [0.1, 0.15) is 33.2 Å². The van der Waals surface area contributed by atoms with E-state index in [9.17, 15) is 9.59 Å². The van der Waals surface area contributed by atoms with E-state index in [0.29, 0.717) is 45.8 Å². The maximum absolute atomic E-state index is 12.6. The van der Waals surface area contributed by atoms with Gasteiger partial charge in [0.25, 0.3) is 5.91 Å². The molecule has 0 aromatic heterocycles. The van der Waals surface area contributed by atoms with Gasteiger partial charge in [0, 0.05) is 10.6 Å². The van der Waals surface area contributed by atoms with Gasteiger partial charge >= 0.3 is 5.97 Å². The third-order valence-corrected chi connectivity index (χ3v) is 5.11. The van der Waals surface area contributed by atoms with Crippen molar-refractivity contribution in [3.63, 3.8) is 0 Å². The van der Waals surface area contributed by atoms with Crippen molar-refractivity contribution in [2.45, 2.75) is 6.92 Å². The normalized spacial score (nSPS) is 10.6. The number of methoxy groups -OCH3 is 3. The molecule has 0 aliphatic rings. The zero-order chi connectivity index (χ0) is 26.1. The van der Waals surface area contributed by atoms with E-state index in [4.69, 9.17) is 35.3 Å². The molecule has 0 atom stereocenters. The fourth-order valence-electron chi connectivity index (χ4n) is 3.14. The fourth-order valence-corrected chi connectivity index (χ4v) is 3.27. The second-order valence-electron chi connectivity index (χ2n) is 7.15. The molecule has 0 radical (unpaired) electrons. The van der Waals surface area contributed by atoms with Crippen molar-refractivity contribution in [1.29, 1.82) is 0 Å². The maximum Gasteiger partial charge on any atom is 0.343 e. The number of rotatable bonds is 10. The molecule has 10 heteroatoms. The minimum absolute atomic E-state index is 0.246. The molecule has 0 saturated carbocycles. The number of carbonyl (C=O) groups is 2. The van der Waals surface area contributed by atoms with Crippen molar-refractivity contribution >= 4 is 29.7 Å². The lowest BCUT2D eigenvalue weighted by molar-refractivity contribution is 0.0728. The molecule has 0 fully saturated rings. The van der Waals surface area contributed by atoms with Crippen LogP contribution in [-0.4, -0.2) is 46.0 Å². The van der Waals surface area contributed by atoms with Gasteiger partial charge in [0.1, 0.15) is 0 Å². The average molecular weight is 513 g/mol. The van der Waals surface area contributed by atoms with Crippen LogP contribution in [0.5, 0.6) is 28.7 Å². The van der Waals surface area contributed by atoms with Crippen molar-refractivity contribution in [3.05, 3.63) is 76.3 Å². The first-order valence-corrected chi connectivity index (χ1v) is 11.2. The van der Waals surface area contributed by atoms with E-state index in [1.165, 1.54) is 39.7 Å². The summed E-state index contributed by atoms with van der Waals surface area (Å²) in [6.45, 7) is 2.16. The highest BCUT2D eigenvalue weighted by molar-refractivity contribution is 6.30. The van der Waals surface area contributed by atoms with Crippen molar-refractivity contribution in [1.82, 2.24) is 5.43 Å². The van der Waals surface area contributed by atoms with Gasteiger partial charge in [-0.2, -0.15) is 5.10 Å². The van der Waals surface area contributed by atoms with E-state index >= 15 is 0 Å². The number of benzene rings is 3. The summed E-state index contributed by atoms with van der Waals surface area (Å²) in [5, 5.41) is 4.52. The summed E-state index contributed by atoms with van der Waals surface area (Å²) < 4.78 is 26.9. The lowest BCUT2D eigenvalue weighted by atomic mass is 10.1. The van der Waals surface area contributed by atoms with E-state index in [1.54, 1.807) is 42.5 Å². The predicted molar refractivity (Wildman–Crippen MR) is 135 cm³/mol. The number of halogens is 1. The minimum atomic E-state index is -0.549. The largest absolute Gasteiger partial charge is 0.493 e. The Balaban J connectivity index is 1.73. The Kier molecular flexibility index (Phi) is 9.13. The number of hydrazone groups is 1. The van der Waals surface area contributed by atoms with Gasteiger partial charge in [-0.25, -0.2) is 10.2 Å². The summed E-state index contributed by atoms with van der Waals surface area (Å²) >= 11 is 5.87. The van der Waals surface area contributed by atoms with E-state index in [-0.39, 0.29) is 11.3 Å². The molecule has 9 nitrogen and oxygen atoms in total. The van der Waals surface area contributed by atoms with Crippen LogP contribution in [-0.2, 0) is 0 Å². The highest BCUT2D eigenvalue weighted by Gasteiger charge is 2.17. The lowest BCUT2D eigenvalue weighted by Gasteiger charge is -2.13. The summed E-state index contributed by atoms with van der Waals surface area (Å²) in [6.07, 6.45) is 1.43. The number of amides is 1. The van der Waals surface area contributed by atoms with E-state index in [1.807, 2.05) is 6.92 Å². The van der Waals surface area contributed by atoms with Gasteiger partial charge in [-0.3, -0.25) is 4.79 Å². The number of carbonyl (C=O) groups excluding carboxylic acids is 2. The maximum atomic E-state index is 12.6. The second-order valence-corrected chi connectivity index (χ2v) is 7.59. The van der Waals surface area contributed by atoms with Gasteiger partial charge in [-0.05, 0) is 67.1 Å². The standard InChI is InChI=1S/C26H25ClN2O7/c1-5-35-21-12-16(6-11-20(21)36-26(31)17-7-9-19(27)10-8-17)15-28-29-25(30)18-13-22(32-2)24(34-4)23(14-18)33-3/h6-15H,5H2,1-4H3,(H,29,30). The topological polar surface area (TPSA) is 105 Å². The molecule has 0 unspecified atom stereocenters. The Labute approximate surface area is 213 Å². The molecule has 3 aromatic carbocycles. The monoisotopic (exact) mass is 512 g/mol. The number of esters is 1. The van der Waals surface area contributed by atoms with E-state index in [0.717, 1.165) is 0 Å². The number of hydrogen-bond donors (Lipinski definition) is 1. The second kappa shape index (κ2) is 12.5. The van der Waals surface area contributed by atoms with Gasteiger partial charge in [0.2, 0.25) is 5.75 Å². The van der Waals surface area contributed by atoms with Gasteiger partial charge in [-0.15, -0.1) is 0 Å². The molecule has 3 aromatic rings. The van der Waals surface area contributed by atoms with Crippen LogP contribution < -0.4 is 29.1 Å². The van der Waals surface area contributed by atoms with E-state index in [2.05, 4.69) is 10.5 Å². The number of nitrogens with one attached hydrogen (secondary N) is 1. The highest BCUT2D eigenvalue weighted by atomic mass is 35.5. The van der Waals surface area contributed by atoms with Gasteiger partial charge in [0.05, 0.1) is 39.7 Å². The van der Waals surface area contributed by atoms with Gasteiger partial charge in [-0.1, -0.05) is 11.6 Å². The zero-order valence-electron chi connectivity index (χ0n) is 20.2. The molecule has 188 valence electrons. The third-order valence-electron chi connectivity index (χ3n) is 4.86. The van der Waals surface area contributed by atoms with Crippen LogP contribution in [0.4, 0.5) is 0 Å². The molecular weight excluding hydrogens is 488 g/mol. The first-order valence-electron chi connectivity index (χ1n) is 10.8. The molecule has 0 aliphatic carbocycles. The molecule has 1 N–H and O–H groups in total. The van der Waals surface area contributed by atoms with Crippen LogP contribution in [0.15, 0.2) is 59.7 Å². The summed E-state index contributed by atoms with van der Waals surface area (Å²) in [6, 6.07) is 14.3. The van der Waals surface area contributed by atoms with Crippen molar-refractivity contribution in [3.8, 4) is 28.7 Å². The van der Waals surface area contributed by atoms with Crippen molar-refractivity contribution < 1.29 is 33.3 Å². The number of ether oxygens (including phenoxy) is 5. The Bertz CT molecular complexity index is 1230. The number of nitrogens with zero attached hydrogens (tertiary/aromatic N) is 1. The summed E-state index contributed by atoms with van der Waals surface area (Å²) in [7, 11) is 4.40. The van der Waals surface area contributed by atoms with Gasteiger partial charge in [0.15, 0.2) is 23.0 Å². The molecule has 36 heavy (non-hydrogen) atoms. The molecule has 3 rings (SSSR count). The Morgan fingerprint density at radius 3 is 2.11 bits per heavy atom. The first kappa shape index (κ1) is 26.4. The van der Waals surface area contributed by atoms with Gasteiger partial charge < -0.3 is 23.7 Å². The SMILES string of the molecule is CCOc1cc(C=NNC(=O)c2cc(OC)c(OC)c(OC)c2)ccc1OC(=O)c1ccc(Cl)cc1. The summed E-state index contributed by atoms with van der Waals surface area (Å²) in [4.78, 5) is 25.1. The van der Waals surface area contributed by atoms with Crippen molar-refractivity contribution in [2.75, 3.05) is 27.9 Å². The molecule has 0 spiro atoms. The molecule has 0 bridgehead atoms. The minimum Gasteiger partial charge on any atom is -0.493 e. The number of hydrogen-bond acceptors (Lipinski definition) is 8. The van der Waals surface area contributed by atoms with Crippen LogP contribution >= 0.6 is 11.6 Å². The quantitative estimate of drug-likeness (QED) is 0.181. The predicted octanol–water partition coefficient (Wildman–Crippen LogP) is 4.75. The molecule has 0 aliphatic heterocycles. The third kappa shape index (κ3) is 6.45. The Morgan fingerprint density at radius 1 is 0.861 bits per heavy atom. The summed E-state index contributed by atoms with van der Waals surface area (Å²) in [5.41, 5.74) is 3.67.